The van der Waals surface area contributed by atoms with Crippen LogP contribution in [0, 0.1) is 5.41 Å². The zero-order valence-electron chi connectivity index (χ0n) is 14.0. The van der Waals surface area contributed by atoms with E-state index in [4.69, 9.17) is 16.7 Å². The molecule has 3 aromatic rings. The highest BCUT2D eigenvalue weighted by Gasteiger charge is 2.39. The standard InChI is InChI=1S/C18H17ClN4OS/c1-18(2)8-7-13-16(17(18)24)12(10-11-4-3-9-25-11)22-23(13)15-6-5-14(19)20-21-15/h3-6,9H,7-8,10H2,1-2H3. The molecule has 1 aliphatic rings. The van der Waals surface area contributed by atoms with Gasteiger partial charge in [-0.05, 0) is 36.4 Å². The molecule has 0 unspecified atom stereocenters. The van der Waals surface area contributed by atoms with Crippen LogP contribution < -0.4 is 0 Å². The lowest BCUT2D eigenvalue weighted by Crippen LogP contribution is -2.31. The first-order valence-corrected chi connectivity index (χ1v) is 9.39. The van der Waals surface area contributed by atoms with Crippen LogP contribution in [0.3, 0.4) is 0 Å². The van der Waals surface area contributed by atoms with E-state index in [-0.39, 0.29) is 11.2 Å². The van der Waals surface area contributed by atoms with Crippen molar-refractivity contribution >= 4 is 28.7 Å². The number of fused-ring (bicyclic) bond motifs is 1. The van der Waals surface area contributed by atoms with Crippen molar-refractivity contribution < 1.29 is 4.79 Å². The molecule has 128 valence electrons. The van der Waals surface area contributed by atoms with Gasteiger partial charge in [0.25, 0.3) is 0 Å². The van der Waals surface area contributed by atoms with Crippen LogP contribution in [-0.4, -0.2) is 25.8 Å². The Balaban J connectivity index is 1.86. The first-order chi connectivity index (χ1) is 12.0. The van der Waals surface area contributed by atoms with Crippen molar-refractivity contribution in [3.05, 3.63) is 56.6 Å². The van der Waals surface area contributed by atoms with E-state index in [0.717, 1.165) is 29.8 Å². The SMILES string of the molecule is CC1(C)CCc2c(c(Cc3cccs3)nn2-c2ccc(Cl)nn2)C1=O. The number of ketones is 1. The summed E-state index contributed by atoms with van der Waals surface area (Å²) in [6.45, 7) is 4.01. The van der Waals surface area contributed by atoms with Gasteiger partial charge in [-0.25, -0.2) is 4.68 Å². The van der Waals surface area contributed by atoms with E-state index in [9.17, 15) is 4.79 Å². The van der Waals surface area contributed by atoms with Gasteiger partial charge in [-0.1, -0.05) is 31.5 Å². The molecule has 4 rings (SSSR count). The number of halogens is 1. The highest BCUT2D eigenvalue weighted by molar-refractivity contribution is 7.09. The Morgan fingerprint density at radius 3 is 2.80 bits per heavy atom. The Hall–Kier alpha value is -2.05. The number of Topliss-reactive ketones (excluding diaryl/α,β-unsaturated/α-hetero) is 1. The van der Waals surface area contributed by atoms with E-state index in [1.165, 1.54) is 4.88 Å². The highest BCUT2D eigenvalue weighted by Crippen LogP contribution is 2.37. The normalized spacial score (nSPS) is 16.0. The summed E-state index contributed by atoms with van der Waals surface area (Å²) in [6, 6.07) is 7.55. The van der Waals surface area contributed by atoms with Gasteiger partial charge in [0.2, 0.25) is 0 Å². The minimum absolute atomic E-state index is 0.161. The molecule has 0 radical (unpaired) electrons. The quantitative estimate of drug-likeness (QED) is 0.693. The zero-order valence-corrected chi connectivity index (χ0v) is 15.6. The van der Waals surface area contributed by atoms with E-state index in [1.807, 2.05) is 25.3 Å². The lowest BCUT2D eigenvalue weighted by molar-refractivity contribution is 0.0809. The molecular formula is C18H17ClN4OS. The third-order valence-electron chi connectivity index (χ3n) is 4.64. The molecule has 0 N–H and O–H groups in total. The largest absolute Gasteiger partial charge is 0.293 e. The van der Waals surface area contributed by atoms with Crippen LogP contribution in [0.2, 0.25) is 5.15 Å². The smallest absolute Gasteiger partial charge is 0.176 e. The van der Waals surface area contributed by atoms with Gasteiger partial charge >= 0.3 is 0 Å². The number of carbonyl (C=O) groups is 1. The Morgan fingerprint density at radius 1 is 1.28 bits per heavy atom. The van der Waals surface area contributed by atoms with Gasteiger partial charge in [-0.15, -0.1) is 21.5 Å². The van der Waals surface area contributed by atoms with Crippen molar-refractivity contribution in [3.8, 4) is 5.82 Å². The van der Waals surface area contributed by atoms with Crippen molar-refractivity contribution in [2.24, 2.45) is 5.41 Å². The molecular weight excluding hydrogens is 356 g/mol. The molecule has 1 aliphatic carbocycles. The molecule has 25 heavy (non-hydrogen) atoms. The van der Waals surface area contributed by atoms with Crippen LogP contribution in [0.1, 0.15) is 46.9 Å². The Kier molecular flexibility index (Phi) is 3.96. The second-order valence-electron chi connectivity index (χ2n) is 6.86. The maximum Gasteiger partial charge on any atom is 0.176 e. The summed E-state index contributed by atoms with van der Waals surface area (Å²) in [7, 11) is 0. The average molecular weight is 373 g/mol. The number of nitrogens with zero attached hydrogens (tertiary/aromatic N) is 4. The van der Waals surface area contributed by atoms with E-state index in [1.54, 1.807) is 28.2 Å². The predicted molar refractivity (Wildman–Crippen MR) is 97.7 cm³/mol. The average Bonchev–Trinajstić information content (AvgIpc) is 3.21. The summed E-state index contributed by atoms with van der Waals surface area (Å²) in [5, 5.41) is 15.2. The maximum atomic E-state index is 13.1. The third kappa shape index (κ3) is 2.89. The topological polar surface area (TPSA) is 60.7 Å². The Bertz CT molecular complexity index is 929. The fraction of sp³-hybridized carbons (Fsp3) is 0.333. The summed E-state index contributed by atoms with van der Waals surface area (Å²) in [5.41, 5.74) is 2.12. The lowest BCUT2D eigenvalue weighted by Gasteiger charge is -2.28. The number of hydrogen-bond donors (Lipinski definition) is 0. The van der Waals surface area contributed by atoms with Crippen LogP contribution in [0.25, 0.3) is 5.82 Å². The van der Waals surface area contributed by atoms with E-state index < -0.39 is 0 Å². The molecule has 7 heteroatoms. The summed E-state index contributed by atoms with van der Waals surface area (Å²) in [6.07, 6.45) is 2.23. The van der Waals surface area contributed by atoms with Crippen molar-refractivity contribution in [2.45, 2.75) is 33.1 Å². The molecule has 0 saturated heterocycles. The molecule has 0 atom stereocenters. The molecule has 5 nitrogen and oxygen atoms in total. The van der Waals surface area contributed by atoms with E-state index >= 15 is 0 Å². The minimum atomic E-state index is -0.364. The highest BCUT2D eigenvalue weighted by atomic mass is 35.5. The molecule has 0 fully saturated rings. The first-order valence-electron chi connectivity index (χ1n) is 8.13. The van der Waals surface area contributed by atoms with Gasteiger partial charge in [0, 0.05) is 16.7 Å². The number of rotatable bonds is 3. The van der Waals surface area contributed by atoms with Crippen LogP contribution in [-0.2, 0) is 12.8 Å². The zero-order chi connectivity index (χ0) is 17.6. The van der Waals surface area contributed by atoms with Crippen LogP contribution in [0.15, 0.2) is 29.6 Å². The lowest BCUT2D eigenvalue weighted by atomic mass is 9.74. The third-order valence-corrected chi connectivity index (χ3v) is 5.72. The Morgan fingerprint density at radius 2 is 2.12 bits per heavy atom. The predicted octanol–water partition coefficient (Wildman–Crippen LogP) is 4.12. The number of hydrogen-bond acceptors (Lipinski definition) is 5. The molecule has 0 bridgehead atoms. The van der Waals surface area contributed by atoms with Crippen molar-refractivity contribution in [2.75, 3.05) is 0 Å². The molecule has 0 spiro atoms. The van der Waals surface area contributed by atoms with Gasteiger partial charge in [0.15, 0.2) is 16.8 Å². The fourth-order valence-corrected chi connectivity index (χ4v) is 4.00. The molecule has 3 heterocycles. The number of carbonyl (C=O) groups excluding carboxylic acids is 1. The van der Waals surface area contributed by atoms with Crippen LogP contribution >= 0.6 is 22.9 Å². The Labute approximate surface area is 154 Å². The summed E-state index contributed by atoms with van der Waals surface area (Å²) < 4.78 is 1.76. The summed E-state index contributed by atoms with van der Waals surface area (Å²) >= 11 is 7.52. The van der Waals surface area contributed by atoms with E-state index in [2.05, 4.69) is 16.3 Å². The van der Waals surface area contributed by atoms with Crippen molar-refractivity contribution in [1.82, 2.24) is 20.0 Å². The molecule has 0 saturated carbocycles. The molecule has 0 aromatic carbocycles. The number of aromatic nitrogens is 4. The number of thiophene rings is 1. The van der Waals surface area contributed by atoms with Crippen molar-refractivity contribution in [3.63, 3.8) is 0 Å². The fourth-order valence-electron chi connectivity index (χ4n) is 3.19. The molecule has 0 amide bonds. The second-order valence-corrected chi connectivity index (χ2v) is 8.28. The minimum Gasteiger partial charge on any atom is -0.293 e. The van der Waals surface area contributed by atoms with Crippen LogP contribution in [0.5, 0.6) is 0 Å². The molecule has 0 aliphatic heterocycles. The van der Waals surface area contributed by atoms with Crippen molar-refractivity contribution in [1.29, 1.82) is 0 Å². The second kappa shape index (κ2) is 6.04. The van der Waals surface area contributed by atoms with E-state index in [0.29, 0.717) is 17.4 Å². The molecule has 3 aromatic heterocycles. The first kappa shape index (κ1) is 16.4. The maximum absolute atomic E-state index is 13.1. The van der Waals surface area contributed by atoms with Gasteiger partial charge in [0.05, 0.1) is 17.0 Å². The monoisotopic (exact) mass is 372 g/mol. The van der Waals surface area contributed by atoms with Gasteiger partial charge in [-0.2, -0.15) is 5.10 Å². The summed E-state index contributed by atoms with van der Waals surface area (Å²) in [5.74, 6) is 0.749. The summed E-state index contributed by atoms with van der Waals surface area (Å²) in [4.78, 5) is 14.3. The van der Waals surface area contributed by atoms with Gasteiger partial charge in [0.1, 0.15) is 0 Å². The van der Waals surface area contributed by atoms with Crippen LogP contribution in [0.4, 0.5) is 0 Å². The van der Waals surface area contributed by atoms with Gasteiger partial charge in [-0.3, -0.25) is 4.79 Å². The van der Waals surface area contributed by atoms with Gasteiger partial charge < -0.3 is 0 Å².